The number of aromatic nitrogens is 1. The molecule has 0 unspecified atom stereocenters. The van der Waals surface area contributed by atoms with Crippen LogP contribution >= 0.6 is 0 Å². The van der Waals surface area contributed by atoms with Crippen LogP contribution in [0.1, 0.15) is 30.5 Å². The van der Waals surface area contributed by atoms with Crippen molar-refractivity contribution in [2.75, 3.05) is 0 Å². The fourth-order valence-electron chi connectivity index (χ4n) is 4.43. The highest BCUT2D eigenvalue weighted by molar-refractivity contribution is 6.05. The van der Waals surface area contributed by atoms with Crippen molar-refractivity contribution in [2.24, 2.45) is 13.0 Å². The van der Waals surface area contributed by atoms with Crippen molar-refractivity contribution in [3.63, 3.8) is 0 Å². The second kappa shape index (κ2) is 5.59. The number of furan rings is 1. The number of rotatable bonds is 2. The van der Waals surface area contributed by atoms with E-state index in [-0.39, 0.29) is 0 Å². The molecule has 0 aliphatic carbocycles. The highest BCUT2D eigenvalue weighted by atomic mass is 16.5. The number of hydrogen-bond acceptors (Lipinski definition) is 2. The molecule has 0 atom stereocenters. The van der Waals surface area contributed by atoms with Gasteiger partial charge in [0.25, 0.3) is 11.2 Å². The molecule has 3 nitrogen and oxygen atoms in total. The molecule has 0 spiro atoms. The quantitative estimate of drug-likeness (QED) is 0.362. The first-order valence-electron chi connectivity index (χ1n) is 9.59. The number of ether oxygens (including phenoxy) is 1. The van der Waals surface area contributed by atoms with Gasteiger partial charge in [-0.1, -0.05) is 26.0 Å². The summed E-state index contributed by atoms with van der Waals surface area (Å²) in [6, 6.07) is 10.9. The number of hydrogen-bond donors (Lipinski definition) is 0. The summed E-state index contributed by atoms with van der Waals surface area (Å²) in [5.74, 6) is 2.43. The predicted octanol–water partition coefficient (Wildman–Crippen LogP) is 6.00. The minimum absolute atomic E-state index is 0.608. The second-order valence-corrected chi connectivity index (χ2v) is 8.17. The Bertz CT molecular complexity index is 1230. The number of aryl methyl sites for hydroxylation is 2. The van der Waals surface area contributed by atoms with Crippen LogP contribution in [0, 0.1) is 19.8 Å². The van der Waals surface area contributed by atoms with Crippen LogP contribution < -0.4 is 9.30 Å². The maximum absolute atomic E-state index is 6.44. The predicted molar refractivity (Wildman–Crippen MR) is 108 cm³/mol. The minimum atomic E-state index is 0.608. The average Bonchev–Trinajstić information content (AvgIpc) is 3.06. The fraction of sp³-hybridized carbons (Fsp3) is 0.292. The molecule has 5 rings (SSSR count). The number of fused-ring (bicyclic) bond motifs is 3. The van der Waals surface area contributed by atoms with Gasteiger partial charge in [-0.25, -0.2) is 0 Å². The third kappa shape index (κ3) is 2.31. The third-order valence-electron chi connectivity index (χ3n) is 5.75. The van der Waals surface area contributed by atoms with Gasteiger partial charge in [-0.15, -0.1) is 0 Å². The van der Waals surface area contributed by atoms with E-state index in [0.29, 0.717) is 5.92 Å². The lowest BCUT2D eigenvalue weighted by Crippen LogP contribution is -2.33. The molecule has 0 fully saturated rings. The van der Waals surface area contributed by atoms with Gasteiger partial charge in [0.05, 0.1) is 11.8 Å². The lowest BCUT2D eigenvalue weighted by molar-refractivity contribution is -0.633. The van der Waals surface area contributed by atoms with E-state index in [4.69, 9.17) is 9.15 Å². The third-order valence-corrected chi connectivity index (χ3v) is 5.75. The molecule has 0 saturated heterocycles. The average molecular weight is 358 g/mol. The highest BCUT2D eigenvalue weighted by Crippen LogP contribution is 2.48. The van der Waals surface area contributed by atoms with Gasteiger partial charge < -0.3 is 9.15 Å². The van der Waals surface area contributed by atoms with Crippen LogP contribution in [0.15, 0.2) is 41.0 Å². The number of nitrogens with zero attached hydrogens (tertiary/aromatic N) is 1. The number of benzene rings is 2. The number of pyridine rings is 1. The Balaban J connectivity index is 1.91. The molecule has 2 aromatic heterocycles. The van der Waals surface area contributed by atoms with Crippen molar-refractivity contribution >= 4 is 21.9 Å². The van der Waals surface area contributed by atoms with Gasteiger partial charge >= 0.3 is 0 Å². The van der Waals surface area contributed by atoms with Crippen molar-refractivity contribution < 1.29 is 13.7 Å². The molecule has 0 bridgehead atoms. The first-order valence-corrected chi connectivity index (χ1v) is 9.59. The SMILES string of the molecule is Cc1cc2cc(CC(C)C)cc3c2c(c1C)-c1c(cc2occc2[n+]1C)O3. The molecule has 136 valence electrons. The van der Waals surface area contributed by atoms with Gasteiger partial charge in [0.2, 0.25) is 11.3 Å². The van der Waals surface area contributed by atoms with E-state index in [1.54, 1.807) is 6.26 Å². The van der Waals surface area contributed by atoms with E-state index >= 15 is 0 Å². The van der Waals surface area contributed by atoms with Gasteiger partial charge in [0, 0.05) is 17.5 Å². The molecule has 1 aliphatic heterocycles. The first kappa shape index (κ1) is 16.4. The smallest absolute Gasteiger partial charge is 0.257 e. The summed E-state index contributed by atoms with van der Waals surface area (Å²) in [6.45, 7) is 8.92. The van der Waals surface area contributed by atoms with E-state index in [0.717, 1.165) is 34.7 Å². The molecular weight excluding hydrogens is 334 g/mol. The molecular formula is C24H24NO2+. The Labute approximate surface area is 159 Å². The maximum atomic E-state index is 6.44. The van der Waals surface area contributed by atoms with Gasteiger partial charge in [-0.05, 0) is 54.3 Å². The Morgan fingerprint density at radius 2 is 1.85 bits per heavy atom. The largest absolute Gasteiger partial charge is 0.458 e. The van der Waals surface area contributed by atoms with Crippen molar-refractivity contribution in [1.82, 2.24) is 0 Å². The Morgan fingerprint density at radius 1 is 1.04 bits per heavy atom. The van der Waals surface area contributed by atoms with Crippen LogP contribution in [0.5, 0.6) is 11.5 Å². The van der Waals surface area contributed by atoms with Crippen molar-refractivity contribution in [1.29, 1.82) is 0 Å². The van der Waals surface area contributed by atoms with Gasteiger partial charge in [-0.3, -0.25) is 0 Å². The lowest BCUT2D eigenvalue weighted by atomic mass is 9.88. The second-order valence-electron chi connectivity index (χ2n) is 8.17. The summed E-state index contributed by atoms with van der Waals surface area (Å²) in [4.78, 5) is 0. The van der Waals surface area contributed by atoms with Crippen LogP contribution in [0.4, 0.5) is 0 Å². The highest BCUT2D eigenvalue weighted by Gasteiger charge is 2.32. The zero-order valence-electron chi connectivity index (χ0n) is 16.5. The summed E-state index contributed by atoms with van der Waals surface area (Å²) in [5.41, 5.74) is 8.27. The van der Waals surface area contributed by atoms with E-state index in [2.05, 4.69) is 57.5 Å². The molecule has 3 heterocycles. The van der Waals surface area contributed by atoms with Crippen LogP contribution in [-0.4, -0.2) is 0 Å². The molecule has 0 saturated carbocycles. The van der Waals surface area contributed by atoms with Crippen LogP contribution in [0.25, 0.3) is 33.1 Å². The summed E-state index contributed by atoms with van der Waals surface area (Å²) >= 11 is 0. The van der Waals surface area contributed by atoms with Crippen molar-refractivity contribution in [3.8, 4) is 22.8 Å². The van der Waals surface area contributed by atoms with Gasteiger partial charge in [-0.2, -0.15) is 4.57 Å². The van der Waals surface area contributed by atoms with Gasteiger partial charge in [0.15, 0.2) is 0 Å². The topological polar surface area (TPSA) is 26.2 Å². The van der Waals surface area contributed by atoms with E-state index in [9.17, 15) is 0 Å². The van der Waals surface area contributed by atoms with Gasteiger partial charge in [0.1, 0.15) is 12.8 Å². The monoisotopic (exact) mass is 358 g/mol. The van der Waals surface area contributed by atoms with E-state index in [1.165, 1.54) is 33.0 Å². The van der Waals surface area contributed by atoms with Crippen LogP contribution in [-0.2, 0) is 13.5 Å². The molecule has 1 aliphatic rings. The first-order chi connectivity index (χ1) is 12.9. The van der Waals surface area contributed by atoms with E-state index in [1.807, 2.05) is 12.1 Å². The Kier molecular flexibility index (Phi) is 3.39. The Hall–Kier alpha value is -2.81. The normalized spacial score (nSPS) is 12.7. The van der Waals surface area contributed by atoms with Crippen molar-refractivity contribution in [3.05, 3.63) is 53.3 Å². The lowest BCUT2D eigenvalue weighted by Gasteiger charge is -2.23. The molecule has 27 heavy (non-hydrogen) atoms. The summed E-state index contributed by atoms with van der Waals surface area (Å²) < 4.78 is 14.3. The van der Waals surface area contributed by atoms with Crippen molar-refractivity contribution in [2.45, 2.75) is 34.1 Å². The Morgan fingerprint density at radius 3 is 2.63 bits per heavy atom. The summed E-state index contributed by atoms with van der Waals surface area (Å²) in [7, 11) is 2.09. The van der Waals surface area contributed by atoms with Crippen LogP contribution in [0.2, 0.25) is 0 Å². The molecule has 0 amide bonds. The van der Waals surface area contributed by atoms with E-state index < -0.39 is 0 Å². The standard InChI is InChI=1S/C24H24NO2/c1-13(2)8-16-10-17-9-14(3)15(4)22-23(17)20(11-16)27-21-12-19-18(6-7-26-19)25(5)24(21)22/h6-7,9-13H,8H2,1-5H3/q+1. The summed E-state index contributed by atoms with van der Waals surface area (Å²) in [5, 5.41) is 2.48. The molecule has 4 aromatic rings. The molecule has 0 N–H and O–H groups in total. The fourth-order valence-corrected chi connectivity index (χ4v) is 4.43. The summed E-state index contributed by atoms with van der Waals surface area (Å²) in [6.07, 6.45) is 2.79. The molecule has 3 heteroatoms. The molecule has 2 aromatic carbocycles. The molecule has 0 radical (unpaired) electrons. The minimum Gasteiger partial charge on any atom is -0.458 e. The zero-order valence-corrected chi connectivity index (χ0v) is 16.5. The zero-order chi connectivity index (χ0) is 18.9. The maximum Gasteiger partial charge on any atom is 0.257 e. The van der Waals surface area contributed by atoms with Crippen LogP contribution in [0.3, 0.4) is 0 Å².